The molecule has 0 spiro atoms. The van der Waals surface area contributed by atoms with Gasteiger partial charge in [0.15, 0.2) is 0 Å². The molecule has 0 bridgehead atoms. The van der Waals surface area contributed by atoms with Gasteiger partial charge in [0.25, 0.3) is 10.0 Å². The molecule has 0 radical (unpaired) electrons. The average molecular weight is 655 g/mol. The van der Waals surface area contributed by atoms with Crippen LogP contribution in [-0.2, 0) is 27.4 Å². The van der Waals surface area contributed by atoms with E-state index in [9.17, 15) is 36.3 Å². The van der Waals surface area contributed by atoms with Gasteiger partial charge < -0.3 is 25.4 Å². The third kappa shape index (κ3) is 7.88. The molecule has 3 atom stereocenters. The van der Waals surface area contributed by atoms with Crippen molar-refractivity contribution in [2.45, 2.75) is 42.8 Å². The van der Waals surface area contributed by atoms with Gasteiger partial charge in [0, 0.05) is 36.4 Å². The molecule has 1 aliphatic rings. The maximum absolute atomic E-state index is 13.4. The van der Waals surface area contributed by atoms with Crippen LogP contribution in [0.2, 0.25) is 0 Å². The topological polar surface area (TPSA) is 128 Å². The summed E-state index contributed by atoms with van der Waals surface area (Å²) in [6.45, 7) is 3.44. The highest BCUT2D eigenvalue weighted by atomic mass is 32.2. The van der Waals surface area contributed by atoms with Crippen LogP contribution in [0.15, 0.2) is 64.2 Å². The van der Waals surface area contributed by atoms with E-state index < -0.39 is 39.9 Å². The zero-order valence-corrected chi connectivity index (χ0v) is 25.8. The van der Waals surface area contributed by atoms with Crippen LogP contribution in [0.4, 0.5) is 29.3 Å². The van der Waals surface area contributed by atoms with Gasteiger partial charge in [-0.2, -0.15) is 17.5 Å². The number of nitrogens with zero attached hydrogens (tertiary/aromatic N) is 2. The van der Waals surface area contributed by atoms with E-state index in [4.69, 9.17) is 4.74 Å². The first kappa shape index (κ1) is 33.2. The molecule has 3 amide bonds. The smallest absolute Gasteiger partial charge is 0.416 e. The Morgan fingerprint density at radius 2 is 1.82 bits per heavy atom. The minimum absolute atomic E-state index is 0.0219. The fourth-order valence-corrected chi connectivity index (χ4v) is 7.06. The van der Waals surface area contributed by atoms with E-state index in [1.165, 1.54) is 28.4 Å². The van der Waals surface area contributed by atoms with Gasteiger partial charge in [0.2, 0.25) is 5.91 Å². The van der Waals surface area contributed by atoms with Crippen molar-refractivity contribution < 1.29 is 41.0 Å². The number of carbonyl (C=O) groups excluding carboxylic acids is 2. The highest BCUT2D eigenvalue weighted by Gasteiger charge is 2.34. The number of sulfonamides is 1. The van der Waals surface area contributed by atoms with Gasteiger partial charge in [-0.05, 0) is 60.8 Å². The normalized spacial score (nSPS) is 18.5. The molecular formula is C29H33F3N4O6S2. The van der Waals surface area contributed by atoms with E-state index in [0.29, 0.717) is 11.3 Å². The largest absolute Gasteiger partial charge is 0.488 e. The first-order valence-corrected chi connectivity index (χ1v) is 16.0. The van der Waals surface area contributed by atoms with Gasteiger partial charge in [0.05, 0.1) is 31.2 Å². The number of urea groups is 1. The summed E-state index contributed by atoms with van der Waals surface area (Å²) in [5.41, 5.74) is -0.00469. The van der Waals surface area contributed by atoms with E-state index in [1.54, 1.807) is 30.5 Å². The fourth-order valence-electron chi connectivity index (χ4n) is 4.68. The van der Waals surface area contributed by atoms with Gasteiger partial charge in [-0.1, -0.05) is 13.0 Å². The lowest BCUT2D eigenvalue weighted by atomic mass is 10.0. The Kier molecular flexibility index (Phi) is 10.2. The number of thiophene rings is 1. The summed E-state index contributed by atoms with van der Waals surface area (Å²) < 4.78 is 72.6. The number of benzene rings is 2. The lowest BCUT2D eigenvalue weighted by Crippen LogP contribution is -2.48. The molecule has 10 nitrogen and oxygen atoms in total. The zero-order valence-electron chi connectivity index (χ0n) is 24.2. The lowest BCUT2D eigenvalue weighted by molar-refractivity contribution is -0.137. The molecule has 0 saturated carbocycles. The maximum Gasteiger partial charge on any atom is 0.416 e. The third-order valence-electron chi connectivity index (χ3n) is 7.24. The highest BCUT2D eigenvalue weighted by Crippen LogP contribution is 2.31. The summed E-state index contributed by atoms with van der Waals surface area (Å²) in [6, 6.07) is 10.5. The Bertz CT molecular complexity index is 1570. The molecule has 15 heteroatoms. The fraction of sp³-hybridized carbons (Fsp3) is 0.379. The summed E-state index contributed by atoms with van der Waals surface area (Å²) in [7, 11) is -2.33. The van der Waals surface area contributed by atoms with E-state index in [0.717, 1.165) is 35.6 Å². The van der Waals surface area contributed by atoms with Crippen LogP contribution in [0.1, 0.15) is 25.0 Å². The number of rotatable bonds is 8. The number of halogens is 3. The Hall–Kier alpha value is -3.66. The molecule has 1 aromatic heterocycles. The monoisotopic (exact) mass is 654 g/mol. The summed E-state index contributed by atoms with van der Waals surface area (Å²) in [5.74, 6) is -0.314. The number of hydrogen-bond acceptors (Lipinski definition) is 7. The van der Waals surface area contributed by atoms with Crippen molar-refractivity contribution in [1.29, 1.82) is 0 Å². The molecule has 1 aliphatic heterocycles. The minimum Gasteiger partial charge on any atom is -0.488 e. The van der Waals surface area contributed by atoms with E-state index in [2.05, 4.69) is 10.6 Å². The van der Waals surface area contributed by atoms with Crippen molar-refractivity contribution >= 4 is 44.7 Å². The van der Waals surface area contributed by atoms with Crippen LogP contribution < -0.4 is 15.4 Å². The maximum atomic E-state index is 13.4. The van der Waals surface area contributed by atoms with Crippen molar-refractivity contribution in [2.75, 3.05) is 37.4 Å². The number of anilines is 2. The predicted octanol–water partition coefficient (Wildman–Crippen LogP) is 4.88. The molecule has 0 unspecified atom stereocenters. The highest BCUT2D eigenvalue weighted by molar-refractivity contribution is 7.91. The number of likely N-dealkylation sites (N-methyl/N-ethyl adjacent to an activating group) is 1. The van der Waals surface area contributed by atoms with Crippen molar-refractivity contribution in [3.05, 3.63) is 71.1 Å². The molecule has 4 rings (SSSR count). The van der Waals surface area contributed by atoms with Crippen molar-refractivity contribution in [2.24, 2.45) is 5.92 Å². The van der Waals surface area contributed by atoms with Gasteiger partial charge in [-0.25, -0.2) is 13.2 Å². The molecule has 0 aliphatic carbocycles. The molecule has 238 valence electrons. The van der Waals surface area contributed by atoms with E-state index in [1.807, 2.05) is 6.92 Å². The van der Waals surface area contributed by atoms with Crippen molar-refractivity contribution in [3.8, 4) is 5.75 Å². The van der Waals surface area contributed by atoms with Crippen LogP contribution in [-0.4, -0.2) is 73.6 Å². The average Bonchev–Trinajstić information content (AvgIpc) is 3.52. The Morgan fingerprint density at radius 1 is 1.16 bits per heavy atom. The van der Waals surface area contributed by atoms with E-state index >= 15 is 0 Å². The van der Waals surface area contributed by atoms with Crippen LogP contribution >= 0.6 is 11.3 Å². The zero-order chi connectivity index (χ0) is 32.2. The van der Waals surface area contributed by atoms with Gasteiger partial charge in [-0.15, -0.1) is 11.3 Å². The Labute approximate surface area is 257 Å². The molecule has 3 aromatic rings. The number of amides is 3. The summed E-state index contributed by atoms with van der Waals surface area (Å²) in [6.07, 6.45) is -5.32. The number of aliphatic hydroxyl groups is 1. The van der Waals surface area contributed by atoms with Gasteiger partial charge in [-0.3, -0.25) is 4.79 Å². The number of nitrogens with one attached hydrogen (secondary N) is 2. The van der Waals surface area contributed by atoms with E-state index in [-0.39, 0.29) is 53.5 Å². The summed E-state index contributed by atoms with van der Waals surface area (Å²) in [4.78, 5) is 27.6. The number of hydrogen-bond donors (Lipinski definition) is 3. The molecular weight excluding hydrogens is 621 g/mol. The number of alkyl halides is 3. The Morgan fingerprint density at radius 3 is 2.43 bits per heavy atom. The first-order valence-electron chi connectivity index (χ1n) is 13.6. The number of ether oxygens (including phenoxy) is 1. The molecule has 2 aromatic carbocycles. The predicted molar refractivity (Wildman–Crippen MR) is 160 cm³/mol. The lowest BCUT2D eigenvalue weighted by Gasteiger charge is -2.33. The minimum atomic E-state index is -4.50. The summed E-state index contributed by atoms with van der Waals surface area (Å²) in [5, 5.41) is 16.6. The van der Waals surface area contributed by atoms with Crippen LogP contribution in [0.25, 0.3) is 0 Å². The second kappa shape index (κ2) is 13.5. The molecule has 44 heavy (non-hydrogen) atoms. The second-order valence-electron chi connectivity index (χ2n) is 10.6. The van der Waals surface area contributed by atoms with Crippen LogP contribution in [0.5, 0.6) is 5.75 Å². The SMILES string of the molecule is C[C@@H]1CN([C@@H](C)CO)C(=O)Cc2cc(NC(=O)Nc3ccc(C(F)(F)F)cc3)ccc2O[C@@H]1CN(C)S(=O)(=O)c1cccs1. The third-order valence-corrected chi connectivity index (χ3v) is 10.4. The standard InChI is InChI=1S/C29H33F3N4O6S2/c1-18-15-36(19(2)17-37)26(38)14-20-13-23(34-28(39)33-22-8-6-21(7-9-22)29(30,31)32)10-11-24(20)42-25(18)16-35(3)44(40,41)27-5-4-12-43-27/h4-13,18-19,25,37H,14-17H2,1-3H3,(H2,33,34,39)/t18-,19+,25-/m1/s1. The van der Waals surface area contributed by atoms with Crippen molar-refractivity contribution in [1.82, 2.24) is 9.21 Å². The van der Waals surface area contributed by atoms with Gasteiger partial charge in [0.1, 0.15) is 16.1 Å². The number of aliphatic hydroxyl groups excluding tert-OH is 1. The number of carbonyl (C=O) groups is 2. The molecule has 2 heterocycles. The second-order valence-corrected chi connectivity index (χ2v) is 13.8. The quantitative estimate of drug-likeness (QED) is 0.318. The van der Waals surface area contributed by atoms with Crippen LogP contribution in [0.3, 0.4) is 0 Å². The number of fused-ring (bicyclic) bond motifs is 1. The van der Waals surface area contributed by atoms with Gasteiger partial charge >= 0.3 is 12.2 Å². The van der Waals surface area contributed by atoms with Crippen LogP contribution in [0, 0.1) is 5.92 Å². The Balaban J connectivity index is 1.58. The molecule has 0 saturated heterocycles. The first-order chi connectivity index (χ1) is 20.7. The molecule has 0 fully saturated rings. The summed E-state index contributed by atoms with van der Waals surface area (Å²) >= 11 is 1.10. The molecule has 3 N–H and O–H groups in total. The van der Waals surface area contributed by atoms with Crippen molar-refractivity contribution in [3.63, 3.8) is 0 Å².